The summed E-state index contributed by atoms with van der Waals surface area (Å²) in [7, 11) is 0. The van der Waals surface area contributed by atoms with Crippen molar-refractivity contribution in [2.45, 2.75) is 12.8 Å². The van der Waals surface area contributed by atoms with Crippen molar-refractivity contribution in [2.24, 2.45) is 0 Å². The van der Waals surface area contributed by atoms with E-state index >= 15 is 0 Å². The van der Waals surface area contributed by atoms with Crippen LogP contribution in [0.4, 0.5) is 5.82 Å². The molecular weight excluding hydrogens is 218 g/mol. The van der Waals surface area contributed by atoms with E-state index in [9.17, 15) is 4.79 Å². The number of aromatic nitrogens is 2. The van der Waals surface area contributed by atoms with E-state index in [-0.39, 0.29) is 10.7 Å². The van der Waals surface area contributed by atoms with Crippen molar-refractivity contribution in [3.05, 3.63) is 16.8 Å². The Labute approximate surface area is 91.7 Å². The second kappa shape index (κ2) is 4.02. The molecule has 2 heterocycles. The van der Waals surface area contributed by atoms with Gasteiger partial charge < -0.3 is 10.0 Å². The second-order valence-electron chi connectivity index (χ2n) is 3.40. The number of carboxylic acids is 1. The van der Waals surface area contributed by atoms with Crippen LogP contribution in [0, 0.1) is 0 Å². The van der Waals surface area contributed by atoms with Gasteiger partial charge in [-0.05, 0) is 18.9 Å². The van der Waals surface area contributed by atoms with E-state index in [0.29, 0.717) is 5.82 Å². The first-order valence-corrected chi connectivity index (χ1v) is 5.08. The Balaban J connectivity index is 2.40. The maximum absolute atomic E-state index is 11.0. The van der Waals surface area contributed by atoms with Crippen LogP contribution in [0.3, 0.4) is 0 Å². The molecule has 0 bridgehead atoms. The molecule has 2 rings (SSSR count). The summed E-state index contributed by atoms with van der Waals surface area (Å²) in [5.41, 5.74) is 0.122. The van der Waals surface area contributed by atoms with E-state index in [1.54, 1.807) is 0 Å². The molecule has 0 amide bonds. The highest BCUT2D eigenvalue weighted by atomic mass is 35.5. The van der Waals surface area contributed by atoms with Crippen molar-refractivity contribution >= 4 is 23.4 Å². The SMILES string of the molecule is O=C(O)c1cc(Cl)nnc1N1CCCC1. The van der Waals surface area contributed by atoms with Crippen molar-refractivity contribution in [3.63, 3.8) is 0 Å². The molecule has 6 heteroatoms. The molecule has 0 unspecified atom stereocenters. The van der Waals surface area contributed by atoms with Gasteiger partial charge in [-0.25, -0.2) is 4.79 Å². The summed E-state index contributed by atoms with van der Waals surface area (Å²) in [6.45, 7) is 1.66. The maximum Gasteiger partial charge on any atom is 0.339 e. The van der Waals surface area contributed by atoms with Gasteiger partial charge in [-0.3, -0.25) is 0 Å². The fourth-order valence-electron chi connectivity index (χ4n) is 1.68. The minimum Gasteiger partial charge on any atom is -0.478 e. The van der Waals surface area contributed by atoms with Crippen LogP contribution in [0.1, 0.15) is 23.2 Å². The fraction of sp³-hybridized carbons (Fsp3) is 0.444. The smallest absolute Gasteiger partial charge is 0.339 e. The Hall–Kier alpha value is -1.36. The Morgan fingerprint density at radius 2 is 2.07 bits per heavy atom. The summed E-state index contributed by atoms with van der Waals surface area (Å²) in [4.78, 5) is 12.9. The van der Waals surface area contributed by atoms with E-state index in [2.05, 4.69) is 10.2 Å². The van der Waals surface area contributed by atoms with Crippen LogP contribution in [0.15, 0.2) is 6.07 Å². The summed E-state index contributed by atoms with van der Waals surface area (Å²) >= 11 is 5.61. The van der Waals surface area contributed by atoms with E-state index in [1.807, 2.05) is 4.90 Å². The Bertz CT molecular complexity index is 391. The first-order chi connectivity index (χ1) is 7.18. The lowest BCUT2D eigenvalue weighted by atomic mass is 10.2. The predicted octanol–water partition coefficient (Wildman–Crippen LogP) is 1.43. The normalized spacial score (nSPS) is 15.7. The van der Waals surface area contributed by atoms with Crippen LogP contribution in [-0.4, -0.2) is 34.4 Å². The molecule has 0 saturated carbocycles. The molecule has 0 aromatic carbocycles. The molecule has 0 atom stereocenters. The molecule has 0 aliphatic carbocycles. The van der Waals surface area contributed by atoms with E-state index in [0.717, 1.165) is 25.9 Å². The third-order valence-corrected chi connectivity index (χ3v) is 2.57. The molecular formula is C9H10ClN3O2. The van der Waals surface area contributed by atoms with Gasteiger partial charge in [-0.1, -0.05) is 11.6 Å². The third kappa shape index (κ3) is 2.02. The van der Waals surface area contributed by atoms with Gasteiger partial charge in [0.25, 0.3) is 0 Å². The number of anilines is 1. The number of hydrogen-bond acceptors (Lipinski definition) is 4. The number of hydrogen-bond donors (Lipinski definition) is 1. The van der Waals surface area contributed by atoms with Crippen molar-refractivity contribution < 1.29 is 9.90 Å². The molecule has 1 aliphatic rings. The Morgan fingerprint density at radius 1 is 1.40 bits per heavy atom. The van der Waals surface area contributed by atoms with Gasteiger partial charge in [0.1, 0.15) is 5.56 Å². The molecule has 0 spiro atoms. The summed E-state index contributed by atoms with van der Waals surface area (Å²) in [6.07, 6.45) is 2.12. The number of carboxylic acid groups (broad SMARTS) is 1. The zero-order valence-electron chi connectivity index (χ0n) is 7.98. The number of halogens is 1. The van der Waals surface area contributed by atoms with Crippen LogP contribution in [0.5, 0.6) is 0 Å². The standard InChI is InChI=1S/C9H10ClN3O2/c10-7-5-6(9(14)15)8(12-11-7)13-3-1-2-4-13/h5H,1-4H2,(H,14,15). The van der Waals surface area contributed by atoms with Gasteiger partial charge in [0, 0.05) is 13.1 Å². The quantitative estimate of drug-likeness (QED) is 0.828. The molecule has 1 N–H and O–H groups in total. The highest BCUT2D eigenvalue weighted by Gasteiger charge is 2.21. The first-order valence-electron chi connectivity index (χ1n) is 4.70. The average molecular weight is 228 g/mol. The van der Waals surface area contributed by atoms with Crippen LogP contribution in [0.2, 0.25) is 5.15 Å². The van der Waals surface area contributed by atoms with Gasteiger partial charge in [-0.15, -0.1) is 10.2 Å². The van der Waals surface area contributed by atoms with Gasteiger partial charge in [0.05, 0.1) is 0 Å². The number of rotatable bonds is 2. The minimum atomic E-state index is -1.02. The molecule has 1 saturated heterocycles. The zero-order chi connectivity index (χ0) is 10.8. The van der Waals surface area contributed by atoms with E-state index in [1.165, 1.54) is 6.07 Å². The molecule has 5 nitrogen and oxygen atoms in total. The Kier molecular flexibility index (Phi) is 2.73. The Morgan fingerprint density at radius 3 is 2.67 bits per heavy atom. The zero-order valence-corrected chi connectivity index (χ0v) is 8.74. The summed E-state index contributed by atoms with van der Waals surface area (Å²) in [5.74, 6) is -0.599. The minimum absolute atomic E-state index is 0.107. The largest absolute Gasteiger partial charge is 0.478 e. The molecule has 80 valence electrons. The van der Waals surface area contributed by atoms with Crippen LogP contribution >= 0.6 is 11.6 Å². The first kappa shape index (κ1) is 10.2. The topological polar surface area (TPSA) is 66.3 Å². The van der Waals surface area contributed by atoms with Crippen molar-refractivity contribution in [1.82, 2.24) is 10.2 Å². The van der Waals surface area contributed by atoms with Gasteiger partial charge in [-0.2, -0.15) is 0 Å². The van der Waals surface area contributed by atoms with Gasteiger partial charge in [0.2, 0.25) is 0 Å². The van der Waals surface area contributed by atoms with Crippen molar-refractivity contribution in [1.29, 1.82) is 0 Å². The summed E-state index contributed by atoms with van der Waals surface area (Å²) in [6, 6.07) is 1.34. The highest BCUT2D eigenvalue weighted by molar-refractivity contribution is 6.29. The third-order valence-electron chi connectivity index (χ3n) is 2.38. The van der Waals surface area contributed by atoms with Crippen molar-refractivity contribution in [3.8, 4) is 0 Å². The predicted molar refractivity (Wildman–Crippen MR) is 55.4 cm³/mol. The van der Waals surface area contributed by atoms with Crippen molar-refractivity contribution in [2.75, 3.05) is 18.0 Å². The lowest BCUT2D eigenvalue weighted by Gasteiger charge is -2.17. The lowest BCUT2D eigenvalue weighted by molar-refractivity contribution is 0.0697. The van der Waals surface area contributed by atoms with Gasteiger partial charge >= 0.3 is 5.97 Å². The molecule has 15 heavy (non-hydrogen) atoms. The maximum atomic E-state index is 11.0. The average Bonchev–Trinajstić information content (AvgIpc) is 2.70. The molecule has 1 aromatic heterocycles. The molecule has 1 aromatic rings. The summed E-state index contributed by atoms with van der Waals surface area (Å²) < 4.78 is 0. The lowest BCUT2D eigenvalue weighted by Crippen LogP contribution is -2.22. The molecule has 1 fully saturated rings. The van der Waals surface area contributed by atoms with E-state index < -0.39 is 5.97 Å². The van der Waals surface area contributed by atoms with Crippen LogP contribution in [-0.2, 0) is 0 Å². The van der Waals surface area contributed by atoms with E-state index in [4.69, 9.17) is 16.7 Å². The number of nitrogens with zero attached hydrogens (tertiary/aromatic N) is 3. The molecule has 1 aliphatic heterocycles. The number of aromatic carboxylic acids is 1. The van der Waals surface area contributed by atoms with Crippen LogP contribution in [0.25, 0.3) is 0 Å². The molecule has 0 radical (unpaired) electrons. The monoisotopic (exact) mass is 227 g/mol. The van der Waals surface area contributed by atoms with Crippen LogP contribution < -0.4 is 4.90 Å². The fourth-order valence-corrected chi connectivity index (χ4v) is 1.83. The number of carbonyl (C=O) groups is 1. The van der Waals surface area contributed by atoms with Gasteiger partial charge in [0.15, 0.2) is 11.0 Å². The second-order valence-corrected chi connectivity index (χ2v) is 3.79. The highest BCUT2D eigenvalue weighted by Crippen LogP contribution is 2.23. The summed E-state index contributed by atoms with van der Waals surface area (Å²) in [5, 5.41) is 16.6.